The first kappa shape index (κ1) is 13.9. The summed E-state index contributed by atoms with van der Waals surface area (Å²) in [7, 11) is 0. The molecule has 0 bridgehead atoms. The predicted octanol–water partition coefficient (Wildman–Crippen LogP) is 3.33. The lowest BCUT2D eigenvalue weighted by atomic mass is 9.87. The molecule has 1 saturated carbocycles. The molecule has 1 aliphatic heterocycles. The Hall–Kier alpha value is -0.0300. The smallest absolute Gasteiger partial charge is 0.0454 e. The largest absolute Gasteiger partial charge is 0.329 e. The Morgan fingerprint density at radius 1 is 1.47 bits per heavy atom. The summed E-state index contributed by atoms with van der Waals surface area (Å²) in [4.78, 5) is 4.25. The van der Waals surface area contributed by atoms with Gasteiger partial charge in [-0.2, -0.15) is 11.8 Å². The zero-order chi connectivity index (χ0) is 13.3. The summed E-state index contributed by atoms with van der Waals surface area (Å²) in [6.07, 6.45) is 5.33. The van der Waals surface area contributed by atoms with Gasteiger partial charge < -0.3 is 5.73 Å². The second kappa shape index (κ2) is 5.76. The molecule has 106 valence electrons. The molecule has 0 radical (unpaired) electrons. The van der Waals surface area contributed by atoms with E-state index in [-0.39, 0.29) is 5.54 Å². The first-order valence-electron chi connectivity index (χ1n) is 7.37. The van der Waals surface area contributed by atoms with E-state index in [1.54, 1.807) is 0 Å². The maximum Gasteiger partial charge on any atom is 0.0454 e. The van der Waals surface area contributed by atoms with E-state index in [1.165, 1.54) is 36.3 Å². The summed E-state index contributed by atoms with van der Waals surface area (Å²) in [5.41, 5.74) is 6.50. The topological polar surface area (TPSA) is 29.3 Å². The van der Waals surface area contributed by atoms with Crippen molar-refractivity contribution in [2.75, 3.05) is 12.3 Å². The summed E-state index contributed by atoms with van der Waals surface area (Å²) in [5.74, 6) is 1.31. The molecular weight excluding hydrogens is 272 g/mol. The first-order valence-corrected chi connectivity index (χ1v) is 9.30. The van der Waals surface area contributed by atoms with Crippen molar-refractivity contribution in [3.63, 3.8) is 0 Å². The van der Waals surface area contributed by atoms with Gasteiger partial charge in [0.1, 0.15) is 0 Å². The van der Waals surface area contributed by atoms with E-state index in [1.807, 2.05) is 11.3 Å². The molecule has 1 aromatic rings. The molecule has 0 spiro atoms. The molecule has 1 saturated heterocycles. The Kier molecular flexibility index (Phi) is 4.22. The number of rotatable bonds is 5. The van der Waals surface area contributed by atoms with Crippen LogP contribution in [0.25, 0.3) is 0 Å². The maximum absolute atomic E-state index is 6.27. The van der Waals surface area contributed by atoms with Crippen molar-refractivity contribution in [3.05, 3.63) is 22.4 Å². The van der Waals surface area contributed by atoms with Gasteiger partial charge in [0.05, 0.1) is 0 Å². The van der Waals surface area contributed by atoms with Crippen LogP contribution in [-0.4, -0.2) is 34.0 Å². The van der Waals surface area contributed by atoms with Gasteiger partial charge in [-0.3, -0.25) is 4.90 Å². The van der Waals surface area contributed by atoms with Gasteiger partial charge in [0.25, 0.3) is 0 Å². The van der Waals surface area contributed by atoms with Crippen LogP contribution in [-0.2, 0) is 6.54 Å². The Labute approximate surface area is 124 Å². The van der Waals surface area contributed by atoms with Crippen LogP contribution in [0.15, 0.2) is 17.5 Å². The number of thioether (sulfide) groups is 1. The molecule has 2 unspecified atom stereocenters. The van der Waals surface area contributed by atoms with Crippen LogP contribution in [0.5, 0.6) is 0 Å². The fraction of sp³-hybridized carbons (Fsp3) is 0.733. The lowest BCUT2D eigenvalue weighted by molar-refractivity contribution is 0.0660. The van der Waals surface area contributed by atoms with E-state index in [0.29, 0.717) is 5.25 Å². The number of hydrogen-bond acceptors (Lipinski definition) is 4. The number of nitrogens with two attached hydrogens (primary N) is 1. The van der Waals surface area contributed by atoms with Crippen LogP contribution in [0.1, 0.15) is 37.5 Å². The van der Waals surface area contributed by atoms with Gasteiger partial charge in [-0.15, -0.1) is 11.3 Å². The van der Waals surface area contributed by atoms with Crippen molar-refractivity contribution in [3.8, 4) is 0 Å². The molecule has 0 aromatic carbocycles. The van der Waals surface area contributed by atoms with Crippen molar-refractivity contribution in [2.45, 2.75) is 56.0 Å². The third-order valence-electron chi connectivity index (χ3n) is 4.70. The van der Waals surface area contributed by atoms with Gasteiger partial charge in [-0.25, -0.2) is 0 Å². The minimum atomic E-state index is 0.230. The average molecular weight is 297 g/mol. The maximum atomic E-state index is 6.27. The fourth-order valence-corrected chi connectivity index (χ4v) is 5.39. The molecule has 1 aromatic heterocycles. The van der Waals surface area contributed by atoms with Crippen molar-refractivity contribution in [1.29, 1.82) is 0 Å². The summed E-state index contributed by atoms with van der Waals surface area (Å²) in [5, 5.41) is 2.85. The molecule has 2 N–H and O–H groups in total. The normalized spacial score (nSPS) is 31.8. The van der Waals surface area contributed by atoms with Gasteiger partial charge in [-0.05, 0) is 42.9 Å². The minimum Gasteiger partial charge on any atom is -0.329 e. The Balaban J connectivity index is 1.84. The quantitative estimate of drug-likeness (QED) is 0.904. The summed E-state index contributed by atoms with van der Waals surface area (Å²) >= 11 is 4.00. The van der Waals surface area contributed by atoms with Crippen molar-refractivity contribution < 1.29 is 0 Å². The Morgan fingerprint density at radius 3 is 2.89 bits per heavy atom. The molecule has 19 heavy (non-hydrogen) atoms. The van der Waals surface area contributed by atoms with Crippen LogP contribution in [0, 0.1) is 0 Å². The minimum absolute atomic E-state index is 0.230. The summed E-state index contributed by atoms with van der Waals surface area (Å²) < 4.78 is 0. The van der Waals surface area contributed by atoms with E-state index in [9.17, 15) is 0 Å². The molecule has 4 heteroatoms. The molecule has 2 fully saturated rings. The lowest BCUT2D eigenvalue weighted by Gasteiger charge is -2.50. The summed E-state index contributed by atoms with van der Waals surface area (Å²) in [6, 6.07) is 5.22. The van der Waals surface area contributed by atoms with E-state index >= 15 is 0 Å². The zero-order valence-electron chi connectivity index (χ0n) is 11.7. The number of hydrogen-bond donors (Lipinski definition) is 1. The molecule has 1 aliphatic carbocycles. The average Bonchev–Trinajstić information content (AvgIpc) is 3.14. The third kappa shape index (κ3) is 2.73. The monoisotopic (exact) mass is 296 g/mol. The van der Waals surface area contributed by atoms with Crippen molar-refractivity contribution in [1.82, 2.24) is 4.90 Å². The molecule has 2 nitrogen and oxygen atoms in total. The van der Waals surface area contributed by atoms with E-state index in [4.69, 9.17) is 5.73 Å². The second-order valence-electron chi connectivity index (χ2n) is 5.86. The highest BCUT2D eigenvalue weighted by atomic mass is 32.2. The Morgan fingerprint density at radius 2 is 2.32 bits per heavy atom. The first-order chi connectivity index (χ1) is 9.26. The second-order valence-corrected chi connectivity index (χ2v) is 8.34. The van der Waals surface area contributed by atoms with E-state index in [2.05, 4.69) is 41.1 Å². The molecule has 2 heterocycles. The van der Waals surface area contributed by atoms with Crippen molar-refractivity contribution >= 4 is 23.1 Å². The van der Waals surface area contributed by atoms with Crippen LogP contribution in [0.3, 0.4) is 0 Å². The van der Waals surface area contributed by atoms with Gasteiger partial charge in [-0.1, -0.05) is 13.0 Å². The molecule has 3 rings (SSSR count). The SMILES string of the molecule is CC1SCCCC1(CN)N(Cc1cccs1)C1CC1. The standard InChI is InChI=1S/C15H24N2S2/c1-12-15(11-16,7-3-9-18-12)17(13-5-6-13)10-14-4-2-8-19-14/h2,4,8,12-13H,3,5-7,9-11,16H2,1H3. The van der Waals surface area contributed by atoms with Gasteiger partial charge in [0, 0.05) is 34.8 Å². The zero-order valence-corrected chi connectivity index (χ0v) is 13.3. The highest BCUT2D eigenvalue weighted by molar-refractivity contribution is 8.00. The highest BCUT2D eigenvalue weighted by Gasteiger charge is 2.48. The van der Waals surface area contributed by atoms with Crippen LogP contribution < -0.4 is 5.73 Å². The van der Waals surface area contributed by atoms with E-state index in [0.717, 1.165) is 19.1 Å². The van der Waals surface area contributed by atoms with Gasteiger partial charge >= 0.3 is 0 Å². The van der Waals surface area contributed by atoms with E-state index < -0.39 is 0 Å². The van der Waals surface area contributed by atoms with Gasteiger partial charge in [0.2, 0.25) is 0 Å². The molecule has 2 atom stereocenters. The van der Waals surface area contributed by atoms with Crippen LogP contribution >= 0.6 is 23.1 Å². The lowest BCUT2D eigenvalue weighted by Crippen LogP contribution is -2.61. The summed E-state index contributed by atoms with van der Waals surface area (Å²) in [6.45, 7) is 4.30. The fourth-order valence-electron chi connectivity index (χ4n) is 3.37. The van der Waals surface area contributed by atoms with Crippen molar-refractivity contribution in [2.24, 2.45) is 5.73 Å². The Bertz CT molecular complexity index is 402. The third-order valence-corrected chi connectivity index (χ3v) is 7.02. The number of thiophene rings is 1. The predicted molar refractivity (Wildman–Crippen MR) is 85.8 cm³/mol. The van der Waals surface area contributed by atoms with Crippen LogP contribution in [0.2, 0.25) is 0 Å². The molecule has 0 amide bonds. The van der Waals surface area contributed by atoms with Gasteiger partial charge in [0.15, 0.2) is 0 Å². The van der Waals surface area contributed by atoms with Crippen LogP contribution in [0.4, 0.5) is 0 Å². The molecular formula is C15H24N2S2. The molecule has 2 aliphatic rings. The highest BCUT2D eigenvalue weighted by Crippen LogP contribution is 2.44. The number of nitrogens with zero attached hydrogens (tertiary/aromatic N) is 1.